The fraction of sp³-hybridized carbons (Fsp3) is 0.348. The molecular weight excluding hydrogens is 443 g/mol. The maximum atomic E-state index is 14.5. The quantitative estimate of drug-likeness (QED) is 0.538. The van der Waals surface area contributed by atoms with Crippen molar-refractivity contribution in [1.29, 1.82) is 0 Å². The van der Waals surface area contributed by atoms with Crippen molar-refractivity contribution in [2.24, 2.45) is 0 Å². The van der Waals surface area contributed by atoms with Crippen LogP contribution in [0.3, 0.4) is 0 Å². The molecule has 3 aromatic rings. The number of anilines is 1. The van der Waals surface area contributed by atoms with Crippen molar-refractivity contribution in [1.82, 2.24) is 25.5 Å². The Morgan fingerprint density at radius 2 is 1.79 bits per heavy atom. The SMILES string of the molecule is COc1ccc(-c2nnn(CC(=O)N(CC(=O)NC(C)(C)C)c3ccccc3F)n2)cc1OC. The lowest BCUT2D eigenvalue weighted by Gasteiger charge is -2.26. The maximum Gasteiger partial charge on any atom is 0.251 e. The van der Waals surface area contributed by atoms with Crippen LogP contribution in [-0.4, -0.2) is 58.3 Å². The Bertz CT molecular complexity index is 1170. The van der Waals surface area contributed by atoms with Gasteiger partial charge < -0.3 is 14.8 Å². The van der Waals surface area contributed by atoms with Gasteiger partial charge in [0, 0.05) is 11.1 Å². The van der Waals surface area contributed by atoms with Crippen molar-refractivity contribution in [3.05, 3.63) is 48.3 Å². The van der Waals surface area contributed by atoms with Gasteiger partial charge in [-0.1, -0.05) is 12.1 Å². The van der Waals surface area contributed by atoms with Crippen molar-refractivity contribution in [2.45, 2.75) is 32.9 Å². The number of nitrogens with one attached hydrogen (secondary N) is 1. The largest absolute Gasteiger partial charge is 0.493 e. The number of tetrazole rings is 1. The van der Waals surface area contributed by atoms with E-state index in [1.807, 2.05) is 20.8 Å². The van der Waals surface area contributed by atoms with E-state index in [-0.39, 0.29) is 24.6 Å². The van der Waals surface area contributed by atoms with Gasteiger partial charge in [0.15, 0.2) is 11.5 Å². The average molecular weight is 471 g/mol. The molecule has 0 aliphatic carbocycles. The third kappa shape index (κ3) is 6.06. The molecule has 10 nitrogen and oxygen atoms in total. The number of halogens is 1. The highest BCUT2D eigenvalue weighted by molar-refractivity contribution is 5.98. The summed E-state index contributed by atoms with van der Waals surface area (Å²) in [6.45, 7) is 4.73. The number of carbonyl (C=O) groups excluding carboxylic acids is 2. The zero-order chi connectivity index (χ0) is 24.9. The van der Waals surface area contributed by atoms with Crippen LogP contribution in [-0.2, 0) is 16.1 Å². The van der Waals surface area contributed by atoms with E-state index in [4.69, 9.17) is 9.47 Å². The molecule has 34 heavy (non-hydrogen) atoms. The van der Waals surface area contributed by atoms with Gasteiger partial charge in [0.2, 0.25) is 11.7 Å². The first-order valence-electron chi connectivity index (χ1n) is 10.5. The van der Waals surface area contributed by atoms with E-state index in [2.05, 4.69) is 20.7 Å². The Kier molecular flexibility index (Phi) is 7.44. The predicted molar refractivity (Wildman–Crippen MR) is 123 cm³/mol. The van der Waals surface area contributed by atoms with Gasteiger partial charge in [-0.05, 0) is 56.3 Å². The molecule has 11 heteroatoms. The molecule has 0 aliphatic heterocycles. The molecule has 0 fully saturated rings. The molecule has 0 saturated heterocycles. The molecule has 0 radical (unpaired) electrons. The summed E-state index contributed by atoms with van der Waals surface area (Å²) in [5, 5.41) is 14.9. The van der Waals surface area contributed by atoms with Crippen LogP contribution >= 0.6 is 0 Å². The van der Waals surface area contributed by atoms with Crippen molar-refractivity contribution in [3.63, 3.8) is 0 Å². The number of methoxy groups -OCH3 is 2. The van der Waals surface area contributed by atoms with Crippen LogP contribution in [0.15, 0.2) is 42.5 Å². The van der Waals surface area contributed by atoms with Gasteiger partial charge in [0.1, 0.15) is 18.9 Å². The Labute approximate surface area is 196 Å². The second kappa shape index (κ2) is 10.3. The maximum absolute atomic E-state index is 14.5. The second-order valence-electron chi connectivity index (χ2n) is 8.44. The van der Waals surface area contributed by atoms with Crippen LogP contribution in [0.2, 0.25) is 0 Å². The lowest BCUT2D eigenvalue weighted by atomic mass is 10.1. The molecule has 1 heterocycles. The average Bonchev–Trinajstić information content (AvgIpc) is 3.24. The Morgan fingerprint density at radius 3 is 2.44 bits per heavy atom. The number of para-hydroxylation sites is 1. The Morgan fingerprint density at radius 1 is 1.09 bits per heavy atom. The number of hydrogen-bond acceptors (Lipinski definition) is 7. The molecule has 1 aromatic heterocycles. The number of hydrogen-bond donors (Lipinski definition) is 1. The highest BCUT2D eigenvalue weighted by Crippen LogP contribution is 2.30. The number of nitrogens with zero attached hydrogens (tertiary/aromatic N) is 5. The molecule has 0 saturated carbocycles. The number of carbonyl (C=O) groups is 2. The minimum atomic E-state index is -0.628. The molecule has 180 valence electrons. The molecule has 3 rings (SSSR count). The molecule has 1 N–H and O–H groups in total. The number of benzene rings is 2. The van der Waals surface area contributed by atoms with E-state index < -0.39 is 23.2 Å². The summed E-state index contributed by atoms with van der Waals surface area (Å²) in [4.78, 5) is 27.8. The van der Waals surface area contributed by atoms with Crippen LogP contribution in [0.1, 0.15) is 20.8 Å². The highest BCUT2D eigenvalue weighted by Gasteiger charge is 2.25. The number of amides is 2. The summed E-state index contributed by atoms with van der Waals surface area (Å²) in [5.74, 6) is -0.341. The minimum absolute atomic E-state index is 0.0169. The van der Waals surface area contributed by atoms with Crippen LogP contribution in [0.25, 0.3) is 11.4 Å². The first-order valence-corrected chi connectivity index (χ1v) is 10.5. The summed E-state index contributed by atoms with van der Waals surface area (Å²) < 4.78 is 25.0. The van der Waals surface area contributed by atoms with E-state index in [1.165, 1.54) is 32.4 Å². The first-order chi connectivity index (χ1) is 16.1. The lowest BCUT2D eigenvalue weighted by molar-refractivity contribution is -0.125. The molecular formula is C23H27FN6O4. The van der Waals surface area contributed by atoms with Crippen molar-refractivity contribution in [2.75, 3.05) is 25.7 Å². The summed E-state index contributed by atoms with van der Waals surface area (Å²) in [5.41, 5.74) is 0.0756. The summed E-state index contributed by atoms with van der Waals surface area (Å²) in [6.07, 6.45) is 0. The molecule has 0 spiro atoms. The topological polar surface area (TPSA) is 111 Å². The molecule has 0 atom stereocenters. The smallest absolute Gasteiger partial charge is 0.251 e. The molecule has 2 amide bonds. The predicted octanol–water partition coefficient (Wildman–Crippen LogP) is 2.44. The lowest BCUT2D eigenvalue weighted by Crippen LogP contribution is -2.48. The van der Waals surface area contributed by atoms with Crippen molar-refractivity contribution in [3.8, 4) is 22.9 Å². The fourth-order valence-corrected chi connectivity index (χ4v) is 3.19. The highest BCUT2D eigenvalue weighted by atomic mass is 19.1. The monoisotopic (exact) mass is 470 g/mol. The van der Waals surface area contributed by atoms with Gasteiger partial charge in [-0.25, -0.2) is 4.39 Å². The van der Waals surface area contributed by atoms with Gasteiger partial charge in [-0.2, -0.15) is 4.80 Å². The minimum Gasteiger partial charge on any atom is -0.493 e. The number of rotatable bonds is 8. The van der Waals surface area contributed by atoms with Crippen molar-refractivity contribution >= 4 is 17.5 Å². The third-order valence-corrected chi connectivity index (χ3v) is 4.63. The van der Waals surface area contributed by atoms with Gasteiger partial charge in [-0.15, -0.1) is 10.2 Å². The van der Waals surface area contributed by atoms with Gasteiger partial charge in [0.05, 0.1) is 19.9 Å². The molecule has 0 aliphatic rings. The van der Waals surface area contributed by atoms with E-state index in [0.29, 0.717) is 17.1 Å². The number of aromatic nitrogens is 4. The van der Waals surface area contributed by atoms with Crippen molar-refractivity contribution < 1.29 is 23.5 Å². The van der Waals surface area contributed by atoms with Crippen LogP contribution in [0.5, 0.6) is 11.5 Å². The zero-order valence-corrected chi connectivity index (χ0v) is 19.7. The number of ether oxygens (including phenoxy) is 2. The standard InChI is InChI=1S/C23H27FN6O4/c1-23(2,3)25-20(31)13-29(17-9-7-6-8-16(17)24)21(32)14-30-27-22(26-28-30)15-10-11-18(33-4)19(12-15)34-5/h6-12H,13-14H2,1-5H3,(H,25,31). The van der Waals surface area contributed by atoms with E-state index in [0.717, 1.165) is 9.70 Å². The third-order valence-electron chi connectivity index (χ3n) is 4.63. The summed E-state index contributed by atoms with van der Waals surface area (Å²) in [7, 11) is 3.04. The van der Waals surface area contributed by atoms with Crippen LogP contribution in [0, 0.1) is 5.82 Å². The van der Waals surface area contributed by atoms with Gasteiger partial charge in [-0.3, -0.25) is 14.5 Å². The molecule has 2 aromatic carbocycles. The van der Waals surface area contributed by atoms with Crippen LogP contribution in [0.4, 0.5) is 10.1 Å². The molecule has 0 unspecified atom stereocenters. The van der Waals surface area contributed by atoms with E-state index in [9.17, 15) is 14.0 Å². The van der Waals surface area contributed by atoms with E-state index in [1.54, 1.807) is 24.3 Å². The zero-order valence-electron chi connectivity index (χ0n) is 19.7. The first kappa shape index (κ1) is 24.6. The Balaban J connectivity index is 1.83. The van der Waals surface area contributed by atoms with E-state index >= 15 is 0 Å². The fourth-order valence-electron chi connectivity index (χ4n) is 3.19. The van der Waals surface area contributed by atoms with Crippen LogP contribution < -0.4 is 19.7 Å². The normalized spacial score (nSPS) is 11.1. The second-order valence-corrected chi connectivity index (χ2v) is 8.44. The summed E-state index contributed by atoms with van der Waals surface area (Å²) in [6, 6.07) is 10.9. The van der Waals surface area contributed by atoms with Gasteiger partial charge in [0.25, 0.3) is 5.91 Å². The Hall–Kier alpha value is -4.02. The summed E-state index contributed by atoms with van der Waals surface area (Å²) >= 11 is 0. The molecule has 0 bridgehead atoms. The van der Waals surface area contributed by atoms with Gasteiger partial charge >= 0.3 is 0 Å².